The fourth-order valence-corrected chi connectivity index (χ4v) is 4.87. The van der Waals surface area contributed by atoms with Crippen molar-refractivity contribution in [2.24, 2.45) is 5.73 Å². The highest BCUT2D eigenvalue weighted by Gasteiger charge is 2.35. The van der Waals surface area contributed by atoms with E-state index in [1.807, 2.05) is 0 Å². The number of carbonyl (C=O) groups excluding carboxylic acids is 1. The van der Waals surface area contributed by atoms with Crippen LogP contribution >= 0.6 is 12.4 Å². The summed E-state index contributed by atoms with van der Waals surface area (Å²) in [4.78, 5) is 12.4. The van der Waals surface area contributed by atoms with Gasteiger partial charge >= 0.3 is 0 Å². The van der Waals surface area contributed by atoms with Gasteiger partial charge in [0.1, 0.15) is 0 Å². The van der Waals surface area contributed by atoms with E-state index in [1.54, 1.807) is 24.3 Å². The highest BCUT2D eigenvalue weighted by atomic mass is 35.5. The minimum absolute atomic E-state index is 0. The Bertz CT molecular complexity index is 685. The topological polar surface area (TPSA) is 92.5 Å². The molecule has 1 saturated heterocycles. The highest BCUT2D eigenvalue weighted by Crippen LogP contribution is 2.28. The molecular weight excluding hydrogens is 350 g/mol. The van der Waals surface area contributed by atoms with Crippen molar-refractivity contribution in [3.8, 4) is 0 Å². The number of halogens is 1. The number of nitrogens with zero attached hydrogens (tertiary/aromatic N) is 1. The van der Waals surface area contributed by atoms with Gasteiger partial charge in [0.15, 0.2) is 0 Å². The summed E-state index contributed by atoms with van der Waals surface area (Å²) in [5, 5.41) is 2.86. The predicted octanol–water partition coefficient (Wildman–Crippen LogP) is 2.25. The van der Waals surface area contributed by atoms with Crippen LogP contribution in [-0.4, -0.2) is 32.2 Å². The molecular formula is C16H24ClN3O3S. The van der Waals surface area contributed by atoms with E-state index in [-0.39, 0.29) is 24.1 Å². The number of amides is 1. The Morgan fingerprint density at radius 2 is 1.71 bits per heavy atom. The number of nitrogens with one attached hydrogen (secondary N) is 1. The van der Waals surface area contributed by atoms with Gasteiger partial charge in [-0.25, -0.2) is 8.42 Å². The fourth-order valence-electron chi connectivity index (χ4n) is 3.31. The van der Waals surface area contributed by atoms with Crippen molar-refractivity contribution in [2.45, 2.75) is 44.1 Å². The molecule has 2 fully saturated rings. The van der Waals surface area contributed by atoms with Gasteiger partial charge in [-0.15, -0.1) is 12.4 Å². The number of carbonyl (C=O) groups is 1. The molecule has 0 spiro atoms. The maximum absolute atomic E-state index is 12.4. The molecule has 0 bridgehead atoms. The van der Waals surface area contributed by atoms with E-state index in [9.17, 15) is 13.2 Å². The van der Waals surface area contributed by atoms with E-state index in [2.05, 4.69) is 5.32 Å². The van der Waals surface area contributed by atoms with Crippen LogP contribution in [0, 0.1) is 0 Å². The van der Waals surface area contributed by atoms with E-state index in [4.69, 9.17) is 5.73 Å². The lowest BCUT2D eigenvalue weighted by Crippen LogP contribution is -2.52. The van der Waals surface area contributed by atoms with Crippen molar-refractivity contribution in [3.63, 3.8) is 0 Å². The second kappa shape index (κ2) is 7.29. The Kier molecular flexibility index (Phi) is 5.78. The third kappa shape index (κ3) is 3.84. The maximum Gasteiger partial charge on any atom is 0.244 e. The van der Waals surface area contributed by atoms with Crippen LogP contribution in [0.1, 0.15) is 38.5 Å². The first-order chi connectivity index (χ1) is 10.9. The highest BCUT2D eigenvalue weighted by molar-refractivity contribution is 7.93. The molecule has 1 amide bonds. The zero-order valence-corrected chi connectivity index (χ0v) is 15.2. The number of sulfonamides is 1. The summed E-state index contributed by atoms with van der Waals surface area (Å²) in [6, 6.07) is 6.91. The first kappa shape index (κ1) is 19.0. The van der Waals surface area contributed by atoms with Crippen molar-refractivity contribution in [2.75, 3.05) is 21.9 Å². The minimum atomic E-state index is -3.18. The Hall–Kier alpha value is -1.31. The number of hydrogen-bond acceptors (Lipinski definition) is 4. The average Bonchev–Trinajstić information content (AvgIpc) is 2.88. The summed E-state index contributed by atoms with van der Waals surface area (Å²) in [6.07, 6.45) is 5.17. The van der Waals surface area contributed by atoms with Crippen molar-refractivity contribution in [1.82, 2.24) is 0 Å². The molecule has 0 atom stereocenters. The van der Waals surface area contributed by atoms with E-state index in [1.165, 1.54) is 4.31 Å². The maximum atomic E-state index is 12.4. The molecule has 1 saturated carbocycles. The SMILES string of the molecule is Cl.NC1(C(=O)Nc2ccc(N3CCCS3(=O)=O)cc2)CCCCC1. The Balaban J connectivity index is 0.00000208. The zero-order valence-electron chi connectivity index (χ0n) is 13.5. The van der Waals surface area contributed by atoms with Gasteiger partial charge in [-0.3, -0.25) is 9.10 Å². The van der Waals surface area contributed by atoms with Gasteiger partial charge in [-0.1, -0.05) is 19.3 Å². The molecule has 24 heavy (non-hydrogen) atoms. The fraction of sp³-hybridized carbons (Fsp3) is 0.562. The molecule has 6 nitrogen and oxygen atoms in total. The van der Waals surface area contributed by atoms with Gasteiger partial charge in [0.2, 0.25) is 15.9 Å². The van der Waals surface area contributed by atoms with E-state index < -0.39 is 15.6 Å². The van der Waals surface area contributed by atoms with Gasteiger partial charge in [0.25, 0.3) is 0 Å². The Morgan fingerprint density at radius 3 is 2.25 bits per heavy atom. The molecule has 1 aliphatic heterocycles. The first-order valence-electron chi connectivity index (χ1n) is 8.12. The smallest absolute Gasteiger partial charge is 0.244 e. The van der Waals surface area contributed by atoms with Crippen molar-refractivity contribution in [1.29, 1.82) is 0 Å². The molecule has 1 aromatic rings. The molecule has 2 aliphatic rings. The summed E-state index contributed by atoms with van der Waals surface area (Å²) < 4.78 is 25.2. The second-order valence-electron chi connectivity index (χ2n) is 6.46. The van der Waals surface area contributed by atoms with Crippen LogP contribution in [0.5, 0.6) is 0 Å². The molecule has 0 aromatic heterocycles. The van der Waals surface area contributed by atoms with Crippen LogP contribution in [-0.2, 0) is 14.8 Å². The molecule has 134 valence electrons. The first-order valence-corrected chi connectivity index (χ1v) is 9.72. The minimum Gasteiger partial charge on any atom is -0.324 e. The van der Waals surface area contributed by atoms with Crippen LogP contribution < -0.4 is 15.4 Å². The van der Waals surface area contributed by atoms with Crippen LogP contribution in [0.25, 0.3) is 0 Å². The van der Waals surface area contributed by atoms with Crippen LogP contribution in [0.15, 0.2) is 24.3 Å². The van der Waals surface area contributed by atoms with Gasteiger partial charge in [-0.2, -0.15) is 0 Å². The lowest BCUT2D eigenvalue weighted by Gasteiger charge is -2.31. The van der Waals surface area contributed by atoms with Crippen molar-refractivity contribution < 1.29 is 13.2 Å². The van der Waals surface area contributed by atoms with Crippen LogP contribution in [0.3, 0.4) is 0 Å². The average molecular weight is 374 g/mol. The van der Waals surface area contributed by atoms with Gasteiger partial charge in [0, 0.05) is 12.2 Å². The monoisotopic (exact) mass is 373 g/mol. The number of nitrogens with two attached hydrogens (primary N) is 1. The molecule has 0 unspecified atom stereocenters. The van der Waals surface area contributed by atoms with Crippen LogP contribution in [0.4, 0.5) is 11.4 Å². The van der Waals surface area contributed by atoms with Gasteiger partial charge in [-0.05, 0) is 43.5 Å². The second-order valence-corrected chi connectivity index (χ2v) is 8.47. The molecule has 8 heteroatoms. The third-order valence-corrected chi connectivity index (χ3v) is 6.58. The molecule has 3 N–H and O–H groups in total. The summed E-state index contributed by atoms with van der Waals surface area (Å²) in [5.41, 5.74) is 6.72. The van der Waals surface area contributed by atoms with Crippen molar-refractivity contribution in [3.05, 3.63) is 24.3 Å². The van der Waals surface area contributed by atoms with Crippen LogP contribution in [0.2, 0.25) is 0 Å². The normalized spacial score (nSPS) is 21.8. The molecule has 1 aliphatic carbocycles. The van der Waals surface area contributed by atoms with Gasteiger partial charge < -0.3 is 11.1 Å². The summed E-state index contributed by atoms with van der Waals surface area (Å²) in [7, 11) is -3.18. The standard InChI is InChI=1S/C16H23N3O3S.ClH/c17-16(9-2-1-3-10-16)15(20)18-13-5-7-14(8-6-13)19-11-4-12-23(19,21)22;/h5-8H,1-4,9-12,17H2,(H,18,20);1H. The third-order valence-electron chi connectivity index (χ3n) is 4.71. The summed E-state index contributed by atoms with van der Waals surface area (Å²) in [6.45, 7) is 0.514. The largest absolute Gasteiger partial charge is 0.324 e. The van der Waals surface area contributed by atoms with Crippen molar-refractivity contribution >= 4 is 39.7 Å². The molecule has 1 heterocycles. The van der Waals surface area contributed by atoms with Gasteiger partial charge in [0.05, 0.1) is 17.0 Å². The van der Waals surface area contributed by atoms with E-state index >= 15 is 0 Å². The summed E-state index contributed by atoms with van der Waals surface area (Å²) >= 11 is 0. The quantitative estimate of drug-likeness (QED) is 0.849. The number of rotatable bonds is 3. The molecule has 1 aromatic carbocycles. The summed E-state index contributed by atoms with van der Waals surface area (Å²) in [5.74, 6) is 0.0417. The number of anilines is 2. The molecule has 3 rings (SSSR count). The van der Waals surface area contributed by atoms with E-state index in [0.29, 0.717) is 37.2 Å². The predicted molar refractivity (Wildman–Crippen MR) is 98.1 cm³/mol. The lowest BCUT2D eigenvalue weighted by atomic mass is 9.82. The molecule has 0 radical (unpaired) electrons. The Morgan fingerprint density at radius 1 is 1.08 bits per heavy atom. The Labute approximate surface area is 149 Å². The number of benzene rings is 1. The zero-order chi connectivity index (χ0) is 16.5. The lowest BCUT2D eigenvalue weighted by molar-refractivity contribution is -0.122. The number of hydrogen-bond donors (Lipinski definition) is 2. The van der Waals surface area contributed by atoms with E-state index in [0.717, 1.165) is 19.3 Å².